The number of rotatable bonds is 2. The zero-order valence-corrected chi connectivity index (χ0v) is 11.9. The molecule has 1 aliphatic carbocycles. The third kappa shape index (κ3) is 2.52. The molecule has 2 aliphatic rings. The molecule has 0 radical (unpaired) electrons. The van der Waals surface area contributed by atoms with Gasteiger partial charge in [-0.05, 0) is 30.9 Å². The van der Waals surface area contributed by atoms with Gasteiger partial charge in [0.15, 0.2) is 5.82 Å². The Labute approximate surface area is 121 Å². The van der Waals surface area contributed by atoms with E-state index >= 15 is 0 Å². The van der Waals surface area contributed by atoms with Gasteiger partial charge in [0.25, 0.3) is 0 Å². The lowest BCUT2D eigenvalue weighted by atomic mass is 9.78. The van der Waals surface area contributed by atoms with Crippen LogP contribution < -0.4 is 4.90 Å². The fourth-order valence-corrected chi connectivity index (χ4v) is 3.09. The van der Waals surface area contributed by atoms with E-state index in [0.29, 0.717) is 17.4 Å². The van der Waals surface area contributed by atoms with Crippen molar-refractivity contribution in [2.75, 3.05) is 24.6 Å². The van der Waals surface area contributed by atoms with Crippen LogP contribution in [0.5, 0.6) is 0 Å². The summed E-state index contributed by atoms with van der Waals surface area (Å²) >= 11 is 12.0. The van der Waals surface area contributed by atoms with Crippen LogP contribution in [0, 0.1) is 0 Å². The first-order valence-electron chi connectivity index (χ1n) is 6.33. The van der Waals surface area contributed by atoms with Gasteiger partial charge < -0.3 is 14.7 Å². The van der Waals surface area contributed by atoms with Crippen LogP contribution in [0.4, 0.5) is 5.82 Å². The summed E-state index contributed by atoms with van der Waals surface area (Å²) in [5.74, 6) is 0.620. The van der Waals surface area contributed by atoms with Gasteiger partial charge in [0.2, 0.25) is 5.28 Å². The summed E-state index contributed by atoms with van der Waals surface area (Å²) in [5, 5.41) is 10.0. The van der Waals surface area contributed by atoms with Crippen molar-refractivity contribution in [3.8, 4) is 0 Å². The number of anilines is 1. The normalized spacial score (nSPS) is 25.4. The van der Waals surface area contributed by atoms with E-state index in [-0.39, 0.29) is 23.6 Å². The fraction of sp³-hybridized carbons (Fsp3) is 0.667. The highest BCUT2D eigenvalue weighted by Crippen LogP contribution is 2.41. The summed E-state index contributed by atoms with van der Waals surface area (Å²) in [4.78, 5) is 10.1. The van der Waals surface area contributed by atoms with Crippen LogP contribution in [0.2, 0.25) is 10.3 Å². The maximum atomic E-state index is 9.39. The molecule has 19 heavy (non-hydrogen) atoms. The maximum absolute atomic E-state index is 9.39. The standard InChI is InChI=1S/C12H15Cl2N3O2/c13-9-4-15-11(14)16-10(9)17-5-8(6-18)19-12(7-17)2-1-3-12/h4,8,18H,1-3,5-7H2. The molecule has 3 rings (SSSR count). The van der Waals surface area contributed by atoms with Crippen LogP contribution in [0.3, 0.4) is 0 Å². The summed E-state index contributed by atoms with van der Waals surface area (Å²) in [7, 11) is 0. The lowest BCUT2D eigenvalue weighted by molar-refractivity contribution is -0.159. The van der Waals surface area contributed by atoms with Crippen molar-refractivity contribution in [2.45, 2.75) is 31.0 Å². The summed E-state index contributed by atoms with van der Waals surface area (Å²) in [6.45, 7) is 1.29. The number of ether oxygens (including phenoxy) is 1. The lowest BCUT2D eigenvalue weighted by Crippen LogP contribution is -2.60. The van der Waals surface area contributed by atoms with Crippen LogP contribution in [-0.2, 0) is 4.74 Å². The molecule has 5 nitrogen and oxygen atoms in total. The smallest absolute Gasteiger partial charge is 0.224 e. The molecule has 104 valence electrons. The minimum atomic E-state index is -0.209. The second kappa shape index (κ2) is 5.05. The molecule has 2 fully saturated rings. The molecule has 1 unspecified atom stereocenters. The van der Waals surface area contributed by atoms with Gasteiger partial charge >= 0.3 is 0 Å². The first kappa shape index (κ1) is 13.4. The first-order valence-corrected chi connectivity index (χ1v) is 7.09. The number of aliphatic hydroxyl groups is 1. The van der Waals surface area contributed by atoms with Gasteiger partial charge in [-0.2, -0.15) is 4.98 Å². The lowest BCUT2D eigenvalue weighted by Gasteiger charge is -2.51. The highest BCUT2D eigenvalue weighted by atomic mass is 35.5. The molecule has 0 amide bonds. The van der Waals surface area contributed by atoms with Gasteiger partial charge in [-0.1, -0.05) is 11.6 Å². The number of aromatic nitrogens is 2. The summed E-state index contributed by atoms with van der Waals surface area (Å²) in [6.07, 6.45) is 4.47. The van der Waals surface area contributed by atoms with Crippen molar-refractivity contribution < 1.29 is 9.84 Å². The minimum absolute atomic E-state index is 0.00527. The average molecular weight is 304 g/mol. The number of aliphatic hydroxyl groups excluding tert-OH is 1. The molecule has 1 saturated carbocycles. The van der Waals surface area contributed by atoms with Gasteiger partial charge in [-0.15, -0.1) is 0 Å². The number of hydrogen-bond donors (Lipinski definition) is 1. The van der Waals surface area contributed by atoms with Gasteiger partial charge in [0.05, 0.1) is 24.5 Å². The largest absolute Gasteiger partial charge is 0.394 e. The third-order valence-corrected chi connectivity index (χ3v) is 4.23. The van der Waals surface area contributed by atoms with E-state index in [4.69, 9.17) is 27.9 Å². The van der Waals surface area contributed by atoms with Crippen LogP contribution in [0.1, 0.15) is 19.3 Å². The predicted octanol–water partition coefficient (Wildman–Crippen LogP) is 1.90. The highest BCUT2D eigenvalue weighted by molar-refractivity contribution is 6.33. The van der Waals surface area contributed by atoms with Crippen molar-refractivity contribution in [3.05, 3.63) is 16.5 Å². The molecule has 1 saturated heterocycles. The SMILES string of the molecule is OCC1CN(c2nc(Cl)ncc2Cl)CC2(CCC2)O1. The predicted molar refractivity (Wildman–Crippen MR) is 72.8 cm³/mol. The van der Waals surface area contributed by atoms with E-state index in [0.717, 1.165) is 25.8 Å². The van der Waals surface area contributed by atoms with Crippen molar-refractivity contribution in [3.63, 3.8) is 0 Å². The molecule has 7 heteroatoms. The monoisotopic (exact) mass is 303 g/mol. The summed E-state index contributed by atoms with van der Waals surface area (Å²) in [5.41, 5.74) is -0.160. The van der Waals surface area contributed by atoms with Gasteiger partial charge in [-0.3, -0.25) is 0 Å². The van der Waals surface area contributed by atoms with E-state index in [2.05, 4.69) is 9.97 Å². The second-order valence-corrected chi connectivity index (χ2v) is 5.90. The van der Waals surface area contributed by atoms with Gasteiger partial charge in [-0.25, -0.2) is 4.98 Å². The van der Waals surface area contributed by atoms with E-state index in [1.165, 1.54) is 6.20 Å². The van der Waals surface area contributed by atoms with Crippen molar-refractivity contribution in [1.29, 1.82) is 0 Å². The van der Waals surface area contributed by atoms with Crippen LogP contribution in [-0.4, -0.2) is 46.5 Å². The van der Waals surface area contributed by atoms with E-state index in [1.54, 1.807) is 0 Å². The average Bonchev–Trinajstić information content (AvgIpc) is 2.39. The Morgan fingerprint density at radius 2 is 2.26 bits per heavy atom. The zero-order chi connectivity index (χ0) is 13.5. The van der Waals surface area contributed by atoms with Crippen molar-refractivity contribution in [2.24, 2.45) is 0 Å². The second-order valence-electron chi connectivity index (χ2n) is 5.15. The molecule has 2 heterocycles. The molecule has 1 N–H and O–H groups in total. The Morgan fingerprint density at radius 1 is 1.47 bits per heavy atom. The van der Waals surface area contributed by atoms with E-state index < -0.39 is 0 Å². The minimum Gasteiger partial charge on any atom is -0.394 e. The van der Waals surface area contributed by atoms with E-state index in [9.17, 15) is 5.11 Å². The first-order chi connectivity index (χ1) is 9.12. The van der Waals surface area contributed by atoms with Gasteiger partial charge in [0.1, 0.15) is 5.02 Å². The van der Waals surface area contributed by atoms with E-state index in [1.807, 2.05) is 4.90 Å². The third-order valence-electron chi connectivity index (χ3n) is 3.78. The fourth-order valence-electron chi connectivity index (χ4n) is 2.75. The molecule has 0 aromatic carbocycles. The quantitative estimate of drug-likeness (QED) is 0.846. The number of morpholine rings is 1. The van der Waals surface area contributed by atoms with Gasteiger partial charge in [0, 0.05) is 13.1 Å². The summed E-state index contributed by atoms with van der Waals surface area (Å²) in [6, 6.07) is 0. The molecule has 1 aromatic heterocycles. The van der Waals surface area contributed by atoms with Crippen LogP contribution >= 0.6 is 23.2 Å². The Kier molecular flexibility index (Phi) is 3.55. The number of halogens is 2. The van der Waals surface area contributed by atoms with Crippen molar-refractivity contribution >= 4 is 29.0 Å². The molecule has 1 aromatic rings. The maximum Gasteiger partial charge on any atom is 0.224 e. The van der Waals surface area contributed by atoms with Crippen molar-refractivity contribution in [1.82, 2.24) is 9.97 Å². The molecule has 1 atom stereocenters. The molecular weight excluding hydrogens is 289 g/mol. The summed E-state index contributed by atoms with van der Waals surface area (Å²) < 4.78 is 5.97. The number of hydrogen-bond acceptors (Lipinski definition) is 5. The van der Waals surface area contributed by atoms with Crippen LogP contribution in [0.25, 0.3) is 0 Å². The number of nitrogens with zero attached hydrogens (tertiary/aromatic N) is 3. The molecule has 1 spiro atoms. The highest BCUT2D eigenvalue weighted by Gasteiger charge is 2.45. The molecule has 0 bridgehead atoms. The topological polar surface area (TPSA) is 58.5 Å². The Hall–Kier alpha value is -0.620. The Morgan fingerprint density at radius 3 is 2.89 bits per heavy atom. The zero-order valence-electron chi connectivity index (χ0n) is 10.4. The Bertz CT molecular complexity index is 482. The Balaban J connectivity index is 1.88. The van der Waals surface area contributed by atoms with Crippen LogP contribution in [0.15, 0.2) is 6.20 Å². The molecule has 1 aliphatic heterocycles. The molecular formula is C12H15Cl2N3O2.